The van der Waals surface area contributed by atoms with Crippen LogP contribution in [0.25, 0.3) is 0 Å². The number of anilines is 2. The molecule has 7 rings (SSSR count). The molecule has 49 heavy (non-hydrogen) atoms. The summed E-state index contributed by atoms with van der Waals surface area (Å²) in [6, 6.07) is 17.9. The van der Waals surface area contributed by atoms with Crippen LogP contribution in [-0.2, 0) is 23.2 Å². The summed E-state index contributed by atoms with van der Waals surface area (Å²) >= 11 is 3.46. The van der Waals surface area contributed by atoms with Crippen molar-refractivity contribution in [3.05, 3.63) is 86.2 Å². The fourth-order valence-corrected chi connectivity index (χ4v) is 9.00. The van der Waals surface area contributed by atoms with Gasteiger partial charge in [-0.1, -0.05) is 36.4 Å². The fourth-order valence-electron chi connectivity index (χ4n) is 8.52. The van der Waals surface area contributed by atoms with Crippen molar-refractivity contribution >= 4 is 39.1 Å². The molecule has 3 unspecified atom stereocenters. The molecule has 2 N–H and O–H groups in total. The SMILES string of the molecule is CN1CC(Nc2cnn(C)c(=O)c2Br)CC(c2ccc(CN3CCC4(CC3)CCN(c3cccc(C5CCC(=O)NC5=O)c3)CC4)cc2)C1. The molecule has 4 aliphatic rings. The summed E-state index contributed by atoms with van der Waals surface area (Å²) in [5.74, 6) is -0.152. The molecule has 1 aromatic heterocycles. The number of carbonyl (C=O) groups excluding carboxylic acids is 2. The predicted octanol–water partition coefficient (Wildman–Crippen LogP) is 4.85. The summed E-state index contributed by atoms with van der Waals surface area (Å²) < 4.78 is 1.87. The van der Waals surface area contributed by atoms with Crippen LogP contribution in [0.5, 0.6) is 0 Å². The first-order valence-electron chi connectivity index (χ1n) is 17.8. The van der Waals surface area contributed by atoms with Crippen LogP contribution in [0.1, 0.15) is 73.5 Å². The van der Waals surface area contributed by atoms with E-state index >= 15 is 0 Å². The Hall–Kier alpha value is -3.54. The minimum atomic E-state index is -0.238. The number of likely N-dealkylation sites (N-methyl/N-ethyl adjacent to an activating group) is 1. The van der Waals surface area contributed by atoms with Crippen LogP contribution in [-0.4, -0.2) is 83.8 Å². The number of benzene rings is 2. The van der Waals surface area contributed by atoms with Crippen LogP contribution in [0, 0.1) is 5.41 Å². The second-order valence-corrected chi connectivity index (χ2v) is 15.7. The fraction of sp³-hybridized carbons (Fsp3) is 0.526. The molecule has 4 aliphatic heterocycles. The Labute approximate surface area is 297 Å². The zero-order chi connectivity index (χ0) is 34.1. The lowest BCUT2D eigenvalue weighted by Gasteiger charge is -2.47. The molecular formula is C38H48BrN7O3. The number of nitrogens with zero attached hydrogens (tertiary/aromatic N) is 5. The van der Waals surface area contributed by atoms with Gasteiger partial charge in [-0.25, -0.2) is 4.68 Å². The number of halogens is 1. The van der Waals surface area contributed by atoms with Crippen molar-refractivity contribution in [3.63, 3.8) is 0 Å². The first-order chi connectivity index (χ1) is 23.6. The van der Waals surface area contributed by atoms with E-state index in [0.717, 1.165) is 63.5 Å². The maximum Gasteiger partial charge on any atom is 0.282 e. The van der Waals surface area contributed by atoms with E-state index in [0.29, 0.717) is 28.6 Å². The van der Waals surface area contributed by atoms with Gasteiger partial charge in [-0.05, 0) is 115 Å². The summed E-state index contributed by atoms with van der Waals surface area (Å²) in [5, 5.41) is 10.3. The lowest BCUT2D eigenvalue weighted by atomic mass is 9.71. The van der Waals surface area contributed by atoms with Crippen molar-refractivity contribution < 1.29 is 9.59 Å². The molecule has 0 aliphatic carbocycles. The number of nitrogens with one attached hydrogen (secondary N) is 2. The van der Waals surface area contributed by atoms with E-state index in [1.54, 1.807) is 13.2 Å². The number of likely N-dealkylation sites (tertiary alicyclic amines) is 2. The Kier molecular flexibility index (Phi) is 9.95. The summed E-state index contributed by atoms with van der Waals surface area (Å²) in [6.45, 7) is 7.30. The Morgan fingerprint density at radius 3 is 2.41 bits per heavy atom. The van der Waals surface area contributed by atoms with Crippen LogP contribution < -0.4 is 21.1 Å². The van der Waals surface area contributed by atoms with Gasteiger partial charge in [0, 0.05) is 57.9 Å². The zero-order valence-electron chi connectivity index (χ0n) is 28.7. The maximum atomic E-state index is 12.5. The summed E-state index contributed by atoms with van der Waals surface area (Å²) in [4.78, 5) is 43.9. The molecule has 11 heteroatoms. The minimum Gasteiger partial charge on any atom is -0.379 e. The first kappa shape index (κ1) is 33.9. The van der Waals surface area contributed by atoms with Gasteiger partial charge in [0.05, 0.1) is 17.8 Å². The van der Waals surface area contributed by atoms with E-state index in [1.807, 2.05) is 6.07 Å². The topological polar surface area (TPSA) is 103 Å². The lowest BCUT2D eigenvalue weighted by molar-refractivity contribution is -0.134. The molecule has 2 aromatic carbocycles. The Bertz CT molecular complexity index is 1730. The summed E-state index contributed by atoms with van der Waals surface area (Å²) in [6.07, 6.45) is 8.63. The second kappa shape index (κ2) is 14.4. The van der Waals surface area contributed by atoms with Gasteiger partial charge in [0.15, 0.2) is 0 Å². The van der Waals surface area contributed by atoms with Crippen molar-refractivity contribution in [1.82, 2.24) is 24.9 Å². The van der Waals surface area contributed by atoms with Crippen LogP contribution >= 0.6 is 15.9 Å². The van der Waals surface area contributed by atoms with Crippen LogP contribution in [0.15, 0.2) is 64.0 Å². The quantitative estimate of drug-likeness (QED) is 0.333. The van der Waals surface area contributed by atoms with E-state index in [-0.39, 0.29) is 29.3 Å². The van der Waals surface area contributed by atoms with Gasteiger partial charge in [-0.15, -0.1) is 0 Å². The molecule has 260 valence electrons. The smallest absolute Gasteiger partial charge is 0.282 e. The molecule has 0 saturated carbocycles. The minimum absolute atomic E-state index is 0.137. The third kappa shape index (κ3) is 7.64. The Balaban J connectivity index is 0.893. The predicted molar refractivity (Wildman–Crippen MR) is 196 cm³/mol. The van der Waals surface area contributed by atoms with E-state index < -0.39 is 0 Å². The number of carbonyl (C=O) groups is 2. The van der Waals surface area contributed by atoms with Gasteiger partial charge < -0.3 is 15.1 Å². The normalized spacial score (nSPS) is 25.0. The van der Waals surface area contributed by atoms with Gasteiger partial charge in [0.25, 0.3) is 5.56 Å². The molecule has 10 nitrogen and oxygen atoms in total. The Morgan fingerprint density at radius 2 is 1.67 bits per heavy atom. The molecule has 5 heterocycles. The highest BCUT2D eigenvalue weighted by atomic mass is 79.9. The third-order valence-electron chi connectivity index (χ3n) is 11.5. The van der Waals surface area contributed by atoms with E-state index in [4.69, 9.17) is 0 Å². The van der Waals surface area contributed by atoms with E-state index in [2.05, 4.69) is 95.9 Å². The van der Waals surface area contributed by atoms with Gasteiger partial charge in [-0.3, -0.25) is 24.6 Å². The van der Waals surface area contributed by atoms with Crippen molar-refractivity contribution in [2.45, 2.75) is 69.4 Å². The van der Waals surface area contributed by atoms with Crippen molar-refractivity contribution in [2.75, 3.05) is 56.5 Å². The number of aryl methyl sites for hydroxylation is 1. The standard InChI is InChI=1S/C38H48BrN7O3/c1-43-24-29(20-30(25-43)41-33-22-40-44(2)37(49)35(33)39)27-8-6-26(7-9-27)23-45-16-12-38(13-17-45)14-18-46(19-15-38)31-5-3-4-28(21-31)32-10-11-34(47)42-36(32)48/h3-9,21-22,29-30,32,41H,10-20,23-25H2,1-2H3,(H,42,47,48). The van der Waals surface area contributed by atoms with E-state index in [9.17, 15) is 14.4 Å². The van der Waals surface area contributed by atoms with Gasteiger partial charge in [0.2, 0.25) is 11.8 Å². The highest BCUT2D eigenvalue weighted by Gasteiger charge is 2.38. The van der Waals surface area contributed by atoms with Gasteiger partial charge >= 0.3 is 0 Å². The highest BCUT2D eigenvalue weighted by Crippen LogP contribution is 2.43. The number of aromatic nitrogens is 2. The largest absolute Gasteiger partial charge is 0.379 e. The van der Waals surface area contributed by atoms with Crippen molar-refractivity contribution in [2.24, 2.45) is 12.5 Å². The number of hydrogen-bond donors (Lipinski definition) is 2. The number of piperidine rings is 4. The average Bonchev–Trinajstić information content (AvgIpc) is 3.10. The Morgan fingerprint density at radius 1 is 0.939 bits per heavy atom. The molecule has 0 radical (unpaired) electrons. The van der Waals surface area contributed by atoms with Gasteiger partial charge in [0.1, 0.15) is 4.47 Å². The molecule has 3 atom stereocenters. The van der Waals surface area contributed by atoms with Gasteiger partial charge in [-0.2, -0.15) is 5.10 Å². The van der Waals surface area contributed by atoms with Crippen molar-refractivity contribution in [1.29, 1.82) is 0 Å². The van der Waals surface area contributed by atoms with Crippen LogP contribution in [0.4, 0.5) is 11.4 Å². The number of rotatable bonds is 7. The second-order valence-electron chi connectivity index (χ2n) is 14.9. The van der Waals surface area contributed by atoms with Crippen LogP contribution in [0.3, 0.4) is 0 Å². The molecule has 0 bridgehead atoms. The maximum absolute atomic E-state index is 12.5. The number of hydrogen-bond acceptors (Lipinski definition) is 8. The first-order valence-corrected chi connectivity index (χ1v) is 18.6. The summed E-state index contributed by atoms with van der Waals surface area (Å²) in [7, 11) is 3.83. The molecule has 1 spiro atoms. The lowest BCUT2D eigenvalue weighted by Crippen LogP contribution is -2.46. The van der Waals surface area contributed by atoms with Crippen LogP contribution in [0.2, 0.25) is 0 Å². The molecule has 3 aromatic rings. The third-order valence-corrected chi connectivity index (χ3v) is 12.3. The zero-order valence-corrected chi connectivity index (χ0v) is 30.3. The monoisotopic (exact) mass is 729 g/mol. The molecular weight excluding hydrogens is 682 g/mol. The molecule has 4 fully saturated rings. The highest BCUT2D eigenvalue weighted by molar-refractivity contribution is 9.10. The molecule has 2 amide bonds. The number of amides is 2. The summed E-state index contributed by atoms with van der Waals surface area (Å²) in [5.41, 5.74) is 5.99. The van der Waals surface area contributed by atoms with Crippen molar-refractivity contribution in [3.8, 4) is 0 Å². The van der Waals surface area contributed by atoms with E-state index in [1.165, 1.54) is 47.2 Å². The molecule has 4 saturated heterocycles. The average molecular weight is 731 g/mol. The number of imide groups is 1.